The van der Waals surface area contributed by atoms with Crippen molar-refractivity contribution in [3.8, 4) is 0 Å². The Bertz CT molecular complexity index is 307. The third-order valence-corrected chi connectivity index (χ3v) is 2.21. The van der Waals surface area contributed by atoms with Crippen molar-refractivity contribution in [2.45, 2.75) is 31.8 Å². The van der Waals surface area contributed by atoms with Gasteiger partial charge >= 0.3 is 11.9 Å². The van der Waals surface area contributed by atoms with Crippen LogP contribution in [0.4, 0.5) is 0 Å². The summed E-state index contributed by atoms with van der Waals surface area (Å²) in [5.41, 5.74) is -1.08. The highest BCUT2D eigenvalue weighted by atomic mass is 16.5. The van der Waals surface area contributed by atoms with E-state index < -0.39 is 17.5 Å². The topological polar surface area (TPSA) is 72.8 Å². The molecule has 0 spiro atoms. The van der Waals surface area contributed by atoms with Gasteiger partial charge in [-0.25, -0.2) is 9.59 Å². The summed E-state index contributed by atoms with van der Waals surface area (Å²) >= 11 is 0. The van der Waals surface area contributed by atoms with Gasteiger partial charge in [-0.15, -0.1) is 0 Å². The van der Waals surface area contributed by atoms with E-state index in [9.17, 15) is 14.7 Å². The molecule has 0 aromatic carbocycles. The number of esters is 2. The number of carbonyl (C=O) groups excluding carboxylic acids is 2. The predicted molar refractivity (Wildman–Crippen MR) is 66.8 cm³/mol. The fraction of sp³-hybridized carbons (Fsp3) is 0.538. The molecule has 0 amide bonds. The number of ether oxygens (including phenoxy) is 2. The van der Waals surface area contributed by atoms with E-state index in [-0.39, 0.29) is 13.2 Å². The van der Waals surface area contributed by atoms with Crippen molar-refractivity contribution in [1.82, 2.24) is 0 Å². The van der Waals surface area contributed by atoms with Crippen LogP contribution in [0, 0.1) is 0 Å². The summed E-state index contributed by atoms with van der Waals surface area (Å²) in [5.74, 6) is -1.02. The van der Waals surface area contributed by atoms with Crippen molar-refractivity contribution in [3.63, 3.8) is 0 Å². The first-order valence-corrected chi connectivity index (χ1v) is 5.72. The average Bonchev–Trinajstić information content (AvgIpc) is 2.35. The Morgan fingerprint density at radius 2 is 1.72 bits per heavy atom. The Kier molecular flexibility index (Phi) is 7.71. The van der Waals surface area contributed by atoms with E-state index in [2.05, 4.69) is 13.2 Å². The van der Waals surface area contributed by atoms with Crippen LogP contribution in [-0.2, 0) is 19.1 Å². The Labute approximate surface area is 107 Å². The molecule has 18 heavy (non-hydrogen) atoms. The van der Waals surface area contributed by atoms with E-state index in [0.29, 0.717) is 19.3 Å². The highest BCUT2D eigenvalue weighted by molar-refractivity contribution is 5.81. The van der Waals surface area contributed by atoms with Gasteiger partial charge in [0.1, 0.15) is 6.61 Å². The van der Waals surface area contributed by atoms with Crippen LogP contribution in [0.3, 0.4) is 0 Å². The molecular formula is C13H20O5. The van der Waals surface area contributed by atoms with E-state index in [1.807, 2.05) is 0 Å². The van der Waals surface area contributed by atoms with Gasteiger partial charge in [0.15, 0.2) is 0 Å². The lowest BCUT2D eigenvalue weighted by Gasteiger charge is -2.22. The zero-order valence-corrected chi connectivity index (χ0v) is 10.7. The quantitative estimate of drug-likeness (QED) is 0.383. The number of unbranched alkanes of at least 4 members (excludes halogenated alkanes) is 1. The van der Waals surface area contributed by atoms with Crippen molar-refractivity contribution in [3.05, 3.63) is 25.3 Å². The number of carbonyl (C=O) groups is 2. The second-order valence-corrected chi connectivity index (χ2v) is 4.14. The Morgan fingerprint density at radius 1 is 1.17 bits per heavy atom. The second-order valence-electron chi connectivity index (χ2n) is 4.14. The normalized spacial score (nSPS) is 13.2. The molecule has 1 atom stereocenters. The summed E-state index contributed by atoms with van der Waals surface area (Å²) < 4.78 is 9.55. The largest absolute Gasteiger partial charge is 0.463 e. The highest BCUT2D eigenvalue weighted by Gasteiger charge is 2.21. The molecular weight excluding hydrogens is 236 g/mol. The van der Waals surface area contributed by atoms with Crippen LogP contribution in [0.2, 0.25) is 0 Å². The number of hydrogen-bond acceptors (Lipinski definition) is 5. The minimum Gasteiger partial charge on any atom is -0.463 e. The molecule has 0 saturated carbocycles. The molecule has 0 bridgehead atoms. The molecule has 5 heteroatoms. The summed E-state index contributed by atoms with van der Waals surface area (Å²) in [7, 11) is 0. The van der Waals surface area contributed by atoms with Crippen LogP contribution in [-0.4, -0.2) is 35.9 Å². The molecule has 1 N–H and O–H groups in total. The second kappa shape index (κ2) is 8.47. The predicted octanol–water partition coefficient (Wildman–Crippen LogP) is 1.37. The van der Waals surface area contributed by atoms with Gasteiger partial charge in [0, 0.05) is 12.2 Å². The maximum atomic E-state index is 10.8. The lowest BCUT2D eigenvalue weighted by atomic mass is 10.0. The summed E-state index contributed by atoms with van der Waals surface area (Å²) in [6.07, 6.45) is 3.88. The molecule has 0 radical (unpaired) electrons. The molecule has 0 aromatic heterocycles. The molecule has 0 saturated heterocycles. The van der Waals surface area contributed by atoms with Crippen LogP contribution in [0.25, 0.3) is 0 Å². The van der Waals surface area contributed by atoms with Crippen LogP contribution >= 0.6 is 0 Å². The van der Waals surface area contributed by atoms with Crippen LogP contribution < -0.4 is 0 Å². The van der Waals surface area contributed by atoms with Gasteiger partial charge in [-0.05, 0) is 26.2 Å². The van der Waals surface area contributed by atoms with Gasteiger partial charge in [0.2, 0.25) is 0 Å². The summed E-state index contributed by atoms with van der Waals surface area (Å²) in [5, 5.41) is 9.88. The van der Waals surface area contributed by atoms with Gasteiger partial charge in [0.25, 0.3) is 0 Å². The first kappa shape index (κ1) is 16.4. The van der Waals surface area contributed by atoms with Gasteiger partial charge in [-0.3, -0.25) is 0 Å². The zero-order valence-electron chi connectivity index (χ0n) is 10.7. The van der Waals surface area contributed by atoms with Crippen LogP contribution in [0.15, 0.2) is 25.3 Å². The Hall–Kier alpha value is -1.62. The molecule has 102 valence electrons. The van der Waals surface area contributed by atoms with Gasteiger partial charge in [-0.2, -0.15) is 0 Å². The molecule has 0 fully saturated rings. The van der Waals surface area contributed by atoms with E-state index >= 15 is 0 Å². The number of aliphatic hydroxyl groups is 1. The van der Waals surface area contributed by atoms with Crippen molar-refractivity contribution in [1.29, 1.82) is 0 Å². The third kappa shape index (κ3) is 8.52. The Balaban J connectivity index is 3.69. The molecule has 0 aliphatic heterocycles. The fourth-order valence-corrected chi connectivity index (χ4v) is 1.20. The summed E-state index contributed by atoms with van der Waals surface area (Å²) in [6.45, 7) is 8.32. The molecule has 0 heterocycles. The van der Waals surface area contributed by atoms with E-state index in [1.54, 1.807) is 6.92 Å². The van der Waals surface area contributed by atoms with Crippen molar-refractivity contribution >= 4 is 11.9 Å². The maximum absolute atomic E-state index is 10.8. The standard InChI is InChI=1S/C13H20O5/c1-4-11(14)17-9-7-6-8-13(3,16)10-18-12(15)5-2/h4-5,16H,1-2,6-10H2,3H3. The van der Waals surface area contributed by atoms with E-state index in [4.69, 9.17) is 9.47 Å². The zero-order chi connectivity index (χ0) is 14.0. The smallest absolute Gasteiger partial charge is 0.330 e. The molecule has 0 aliphatic carbocycles. The fourth-order valence-electron chi connectivity index (χ4n) is 1.20. The third-order valence-electron chi connectivity index (χ3n) is 2.21. The lowest BCUT2D eigenvalue weighted by Crippen LogP contribution is -2.31. The monoisotopic (exact) mass is 256 g/mol. The van der Waals surface area contributed by atoms with Gasteiger partial charge in [0.05, 0.1) is 12.2 Å². The molecule has 0 rings (SSSR count). The Morgan fingerprint density at radius 3 is 2.28 bits per heavy atom. The van der Waals surface area contributed by atoms with Crippen LogP contribution in [0.1, 0.15) is 26.2 Å². The lowest BCUT2D eigenvalue weighted by molar-refractivity contribution is -0.145. The van der Waals surface area contributed by atoms with Crippen molar-refractivity contribution in [2.24, 2.45) is 0 Å². The van der Waals surface area contributed by atoms with E-state index in [0.717, 1.165) is 12.2 Å². The SMILES string of the molecule is C=CC(=O)OCCCCC(C)(O)COC(=O)C=C. The first-order chi connectivity index (χ1) is 8.41. The van der Waals surface area contributed by atoms with Gasteiger partial charge < -0.3 is 14.6 Å². The summed E-state index contributed by atoms with van der Waals surface area (Å²) in [4.78, 5) is 21.6. The van der Waals surface area contributed by atoms with Gasteiger partial charge in [-0.1, -0.05) is 13.2 Å². The van der Waals surface area contributed by atoms with Crippen molar-refractivity contribution < 1.29 is 24.2 Å². The van der Waals surface area contributed by atoms with E-state index in [1.165, 1.54) is 0 Å². The number of hydrogen-bond donors (Lipinski definition) is 1. The molecule has 0 aliphatic rings. The van der Waals surface area contributed by atoms with Crippen molar-refractivity contribution in [2.75, 3.05) is 13.2 Å². The minimum atomic E-state index is -1.08. The average molecular weight is 256 g/mol. The molecule has 0 aromatic rings. The molecule has 5 nitrogen and oxygen atoms in total. The maximum Gasteiger partial charge on any atom is 0.330 e. The number of rotatable bonds is 9. The molecule has 1 unspecified atom stereocenters. The highest BCUT2D eigenvalue weighted by Crippen LogP contribution is 2.14. The summed E-state index contributed by atoms with van der Waals surface area (Å²) in [6, 6.07) is 0. The van der Waals surface area contributed by atoms with Crippen LogP contribution in [0.5, 0.6) is 0 Å². The first-order valence-electron chi connectivity index (χ1n) is 5.72. The minimum absolute atomic E-state index is 0.0791.